The Labute approximate surface area is 113 Å². The Morgan fingerprint density at radius 2 is 2.00 bits per heavy atom. The van der Waals surface area contributed by atoms with Crippen LogP contribution in [0.4, 0.5) is 0 Å². The predicted molar refractivity (Wildman–Crippen MR) is 71.7 cm³/mol. The van der Waals surface area contributed by atoms with Crippen LogP contribution >= 0.6 is 0 Å². The van der Waals surface area contributed by atoms with E-state index in [0.717, 1.165) is 25.7 Å². The molecule has 1 N–H and O–H groups in total. The Morgan fingerprint density at radius 1 is 1.37 bits per heavy atom. The van der Waals surface area contributed by atoms with Crippen molar-refractivity contribution in [1.82, 2.24) is 4.90 Å². The SMILES string of the molecule is CN(C)C(=O)C1(c2cc(C#N)ccc2O)CCCC1. The molecule has 4 heteroatoms. The molecule has 1 aromatic carbocycles. The van der Waals surface area contributed by atoms with E-state index in [0.29, 0.717) is 11.1 Å². The van der Waals surface area contributed by atoms with Crippen molar-refractivity contribution < 1.29 is 9.90 Å². The molecule has 1 amide bonds. The van der Waals surface area contributed by atoms with Gasteiger partial charge in [0.15, 0.2) is 0 Å². The quantitative estimate of drug-likeness (QED) is 0.884. The minimum atomic E-state index is -0.666. The van der Waals surface area contributed by atoms with Crippen LogP contribution in [0.5, 0.6) is 5.75 Å². The first kappa shape index (κ1) is 13.4. The number of phenols is 1. The average molecular weight is 258 g/mol. The molecular formula is C15H18N2O2. The number of nitrogens with zero attached hydrogens (tertiary/aromatic N) is 2. The molecule has 0 bridgehead atoms. The second kappa shape index (κ2) is 4.93. The number of amides is 1. The van der Waals surface area contributed by atoms with Crippen LogP contribution in [0.2, 0.25) is 0 Å². The summed E-state index contributed by atoms with van der Waals surface area (Å²) in [4.78, 5) is 14.1. The normalized spacial score (nSPS) is 16.9. The molecule has 0 saturated heterocycles. The molecule has 0 atom stereocenters. The summed E-state index contributed by atoms with van der Waals surface area (Å²) < 4.78 is 0. The average Bonchev–Trinajstić information content (AvgIpc) is 2.88. The van der Waals surface area contributed by atoms with Crippen molar-refractivity contribution in [2.24, 2.45) is 0 Å². The zero-order chi connectivity index (χ0) is 14.0. The fourth-order valence-corrected chi connectivity index (χ4v) is 2.99. The molecule has 4 nitrogen and oxygen atoms in total. The highest BCUT2D eigenvalue weighted by atomic mass is 16.3. The van der Waals surface area contributed by atoms with Crippen LogP contribution < -0.4 is 0 Å². The molecule has 1 aliphatic carbocycles. The molecule has 0 spiro atoms. The second-order valence-corrected chi connectivity index (χ2v) is 5.33. The van der Waals surface area contributed by atoms with Gasteiger partial charge in [0.1, 0.15) is 5.75 Å². The van der Waals surface area contributed by atoms with Gasteiger partial charge in [-0.1, -0.05) is 12.8 Å². The molecule has 19 heavy (non-hydrogen) atoms. The van der Waals surface area contributed by atoms with Gasteiger partial charge in [-0.05, 0) is 31.0 Å². The second-order valence-electron chi connectivity index (χ2n) is 5.33. The minimum absolute atomic E-state index is 0.00962. The van der Waals surface area contributed by atoms with E-state index in [1.807, 2.05) is 0 Å². The third-order valence-corrected chi connectivity index (χ3v) is 3.91. The molecule has 0 heterocycles. The van der Waals surface area contributed by atoms with Gasteiger partial charge in [-0.2, -0.15) is 5.26 Å². The summed E-state index contributed by atoms with van der Waals surface area (Å²) >= 11 is 0. The Balaban J connectivity index is 2.57. The van der Waals surface area contributed by atoms with Gasteiger partial charge in [-0.3, -0.25) is 4.79 Å². The number of aromatic hydroxyl groups is 1. The summed E-state index contributed by atoms with van der Waals surface area (Å²) in [6.07, 6.45) is 3.39. The number of nitriles is 1. The maximum Gasteiger partial charge on any atom is 0.232 e. The Kier molecular flexibility index (Phi) is 3.48. The Bertz CT molecular complexity index is 538. The summed E-state index contributed by atoms with van der Waals surface area (Å²) in [6, 6.07) is 6.80. The lowest BCUT2D eigenvalue weighted by Gasteiger charge is -2.31. The van der Waals surface area contributed by atoms with E-state index in [4.69, 9.17) is 5.26 Å². The molecule has 2 rings (SSSR count). The van der Waals surface area contributed by atoms with Gasteiger partial charge >= 0.3 is 0 Å². The molecule has 1 fully saturated rings. The van der Waals surface area contributed by atoms with Crippen molar-refractivity contribution in [3.8, 4) is 11.8 Å². The number of phenolic OH excluding ortho intramolecular Hbond substituents is 1. The Hall–Kier alpha value is -2.02. The number of rotatable bonds is 2. The molecule has 100 valence electrons. The van der Waals surface area contributed by atoms with Crippen molar-refractivity contribution >= 4 is 5.91 Å². The van der Waals surface area contributed by atoms with E-state index in [1.54, 1.807) is 31.1 Å². The predicted octanol–water partition coefficient (Wildman–Crippen LogP) is 2.16. The minimum Gasteiger partial charge on any atom is -0.508 e. The van der Waals surface area contributed by atoms with Gasteiger partial charge in [-0.25, -0.2) is 0 Å². The van der Waals surface area contributed by atoms with Crippen LogP contribution in [0, 0.1) is 11.3 Å². The zero-order valence-corrected chi connectivity index (χ0v) is 11.3. The van der Waals surface area contributed by atoms with E-state index in [-0.39, 0.29) is 11.7 Å². The first-order valence-corrected chi connectivity index (χ1v) is 6.46. The van der Waals surface area contributed by atoms with Gasteiger partial charge in [0.05, 0.1) is 17.0 Å². The summed E-state index contributed by atoms with van der Waals surface area (Å²) in [5, 5.41) is 19.1. The molecule has 0 unspecified atom stereocenters. The molecule has 0 aliphatic heterocycles. The van der Waals surface area contributed by atoms with Gasteiger partial charge in [-0.15, -0.1) is 0 Å². The summed E-state index contributed by atoms with van der Waals surface area (Å²) in [6.45, 7) is 0. The van der Waals surface area contributed by atoms with Crippen LogP contribution in [0.3, 0.4) is 0 Å². The number of hydrogen-bond acceptors (Lipinski definition) is 3. The standard InChI is InChI=1S/C15H18N2O2/c1-17(2)14(19)15(7-3-4-8-15)12-9-11(10-16)5-6-13(12)18/h5-6,9,18H,3-4,7-8H2,1-2H3. The van der Waals surface area contributed by atoms with Crippen molar-refractivity contribution in [2.45, 2.75) is 31.1 Å². The highest BCUT2D eigenvalue weighted by Crippen LogP contribution is 2.45. The molecule has 0 radical (unpaired) electrons. The van der Waals surface area contributed by atoms with Crippen molar-refractivity contribution in [3.05, 3.63) is 29.3 Å². The van der Waals surface area contributed by atoms with E-state index in [2.05, 4.69) is 6.07 Å². The van der Waals surface area contributed by atoms with Crippen LogP contribution in [-0.4, -0.2) is 30.0 Å². The molecule has 0 aromatic heterocycles. The fourth-order valence-electron chi connectivity index (χ4n) is 2.99. The van der Waals surface area contributed by atoms with Gasteiger partial charge < -0.3 is 10.0 Å². The van der Waals surface area contributed by atoms with E-state index in [1.165, 1.54) is 6.07 Å². The van der Waals surface area contributed by atoms with Crippen molar-refractivity contribution in [1.29, 1.82) is 5.26 Å². The van der Waals surface area contributed by atoms with Gasteiger partial charge in [0, 0.05) is 19.7 Å². The number of benzene rings is 1. The van der Waals surface area contributed by atoms with Crippen LogP contribution in [0.15, 0.2) is 18.2 Å². The zero-order valence-electron chi connectivity index (χ0n) is 11.3. The smallest absolute Gasteiger partial charge is 0.232 e. The van der Waals surface area contributed by atoms with Crippen LogP contribution in [0.25, 0.3) is 0 Å². The molecular weight excluding hydrogens is 240 g/mol. The fraction of sp³-hybridized carbons (Fsp3) is 0.467. The largest absolute Gasteiger partial charge is 0.508 e. The van der Waals surface area contributed by atoms with E-state index < -0.39 is 5.41 Å². The van der Waals surface area contributed by atoms with E-state index >= 15 is 0 Å². The first-order valence-electron chi connectivity index (χ1n) is 6.46. The Morgan fingerprint density at radius 3 is 2.53 bits per heavy atom. The number of carbonyl (C=O) groups excluding carboxylic acids is 1. The topological polar surface area (TPSA) is 64.3 Å². The molecule has 1 aromatic rings. The highest BCUT2D eigenvalue weighted by molar-refractivity contribution is 5.89. The lowest BCUT2D eigenvalue weighted by Crippen LogP contribution is -2.42. The third kappa shape index (κ3) is 2.17. The lowest BCUT2D eigenvalue weighted by atomic mass is 9.76. The van der Waals surface area contributed by atoms with Gasteiger partial charge in [0.2, 0.25) is 5.91 Å². The van der Waals surface area contributed by atoms with Crippen LogP contribution in [-0.2, 0) is 10.2 Å². The lowest BCUT2D eigenvalue weighted by molar-refractivity contribution is -0.134. The number of likely N-dealkylation sites (N-methyl/N-ethyl adjacent to an activating group) is 1. The summed E-state index contributed by atoms with van der Waals surface area (Å²) in [5.41, 5.74) is 0.411. The number of hydrogen-bond donors (Lipinski definition) is 1. The van der Waals surface area contributed by atoms with Crippen molar-refractivity contribution in [2.75, 3.05) is 14.1 Å². The monoisotopic (exact) mass is 258 g/mol. The third-order valence-electron chi connectivity index (χ3n) is 3.91. The first-order chi connectivity index (χ1) is 9.01. The summed E-state index contributed by atoms with van der Waals surface area (Å²) in [5.74, 6) is 0.117. The summed E-state index contributed by atoms with van der Waals surface area (Å²) in [7, 11) is 3.46. The van der Waals surface area contributed by atoms with Crippen LogP contribution in [0.1, 0.15) is 36.8 Å². The maximum absolute atomic E-state index is 12.6. The van der Waals surface area contributed by atoms with E-state index in [9.17, 15) is 9.90 Å². The maximum atomic E-state index is 12.6. The molecule has 1 aliphatic rings. The highest BCUT2D eigenvalue weighted by Gasteiger charge is 2.45. The van der Waals surface area contributed by atoms with Crippen molar-refractivity contribution in [3.63, 3.8) is 0 Å². The van der Waals surface area contributed by atoms with Gasteiger partial charge in [0.25, 0.3) is 0 Å². The number of carbonyl (C=O) groups is 1. The molecule has 1 saturated carbocycles.